The lowest BCUT2D eigenvalue weighted by atomic mass is 9.98. The molecule has 0 atom stereocenters. The second-order valence-electron chi connectivity index (χ2n) is 4.62. The number of nitrogens with two attached hydrogens (primary N) is 1. The maximum atomic E-state index is 13.5. The molecule has 0 bridgehead atoms. The highest BCUT2D eigenvalue weighted by atomic mass is 19.1. The second kappa shape index (κ2) is 4.68. The molecule has 4 heteroatoms. The van der Waals surface area contributed by atoms with Gasteiger partial charge in [0.1, 0.15) is 5.69 Å². The molecule has 0 aliphatic carbocycles. The van der Waals surface area contributed by atoms with Gasteiger partial charge in [-0.25, -0.2) is 8.78 Å². The normalized spacial score (nSPS) is 11.6. The van der Waals surface area contributed by atoms with Crippen molar-refractivity contribution in [2.45, 2.75) is 39.2 Å². The predicted octanol–water partition coefficient (Wildman–Crippen LogP) is 3.54. The molecule has 1 aromatic rings. The van der Waals surface area contributed by atoms with Crippen LogP contribution in [0.3, 0.4) is 0 Å². The monoisotopic (exact) mass is 228 g/mol. The molecule has 0 aromatic heterocycles. The van der Waals surface area contributed by atoms with E-state index in [2.05, 4.69) is 5.32 Å². The Bertz CT molecular complexity index is 352. The molecule has 0 spiro atoms. The first-order chi connectivity index (χ1) is 7.35. The smallest absolute Gasteiger partial charge is 0.151 e. The third-order valence-electron chi connectivity index (χ3n) is 2.40. The number of nitrogens with one attached hydrogen (secondary N) is 1. The first-order valence-electron chi connectivity index (χ1n) is 5.38. The summed E-state index contributed by atoms with van der Waals surface area (Å²) in [4.78, 5) is 0. The Morgan fingerprint density at radius 1 is 1.25 bits per heavy atom. The quantitative estimate of drug-likeness (QED) is 0.773. The number of nitrogen functional groups attached to an aromatic ring is 1. The van der Waals surface area contributed by atoms with Crippen molar-refractivity contribution in [1.29, 1.82) is 0 Å². The summed E-state index contributed by atoms with van der Waals surface area (Å²) in [6.45, 7) is 5.84. The van der Waals surface area contributed by atoms with Crippen LogP contribution in [-0.2, 0) is 0 Å². The molecule has 0 aliphatic rings. The molecule has 0 saturated heterocycles. The van der Waals surface area contributed by atoms with Gasteiger partial charge in [0.25, 0.3) is 0 Å². The predicted molar refractivity (Wildman–Crippen MR) is 63.4 cm³/mol. The van der Waals surface area contributed by atoms with Gasteiger partial charge in [-0.2, -0.15) is 0 Å². The Morgan fingerprint density at radius 2 is 1.75 bits per heavy atom. The van der Waals surface area contributed by atoms with Crippen LogP contribution in [0.4, 0.5) is 20.2 Å². The zero-order chi connectivity index (χ0) is 12.3. The van der Waals surface area contributed by atoms with Crippen LogP contribution in [0, 0.1) is 11.6 Å². The highest BCUT2D eigenvalue weighted by Gasteiger charge is 2.20. The van der Waals surface area contributed by atoms with Gasteiger partial charge in [0.2, 0.25) is 0 Å². The van der Waals surface area contributed by atoms with E-state index in [1.54, 1.807) is 0 Å². The van der Waals surface area contributed by atoms with Crippen LogP contribution in [-0.4, -0.2) is 5.54 Å². The minimum atomic E-state index is -0.651. The molecule has 2 nitrogen and oxygen atoms in total. The molecule has 90 valence electrons. The van der Waals surface area contributed by atoms with Gasteiger partial charge in [0, 0.05) is 11.2 Å². The summed E-state index contributed by atoms with van der Waals surface area (Å²) in [5, 5.41) is 2.88. The number of hydrogen-bond acceptors (Lipinski definition) is 2. The van der Waals surface area contributed by atoms with E-state index in [1.807, 2.05) is 20.8 Å². The van der Waals surface area contributed by atoms with Gasteiger partial charge in [-0.15, -0.1) is 0 Å². The van der Waals surface area contributed by atoms with Gasteiger partial charge in [0.15, 0.2) is 11.6 Å². The third-order valence-corrected chi connectivity index (χ3v) is 2.40. The molecule has 0 amide bonds. The Balaban J connectivity index is 2.97. The molecule has 3 N–H and O–H groups in total. The van der Waals surface area contributed by atoms with Crippen LogP contribution >= 0.6 is 0 Å². The van der Waals surface area contributed by atoms with Gasteiger partial charge in [-0.3, -0.25) is 0 Å². The Labute approximate surface area is 94.8 Å². The first-order valence-corrected chi connectivity index (χ1v) is 5.38. The molecule has 0 heterocycles. The maximum Gasteiger partial charge on any atom is 0.151 e. The van der Waals surface area contributed by atoms with Gasteiger partial charge >= 0.3 is 0 Å². The Morgan fingerprint density at radius 3 is 2.19 bits per heavy atom. The van der Waals surface area contributed by atoms with Crippen LogP contribution in [0.2, 0.25) is 0 Å². The number of hydrogen-bond donors (Lipinski definition) is 2. The average Bonchev–Trinajstić information content (AvgIpc) is 2.11. The van der Waals surface area contributed by atoms with Crippen LogP contribution in [0.5, 0.6) is 0 Å². The molecule has 0 fully saturated rings. The van der Waals surface area contributed by atoms with Gasteiger partial charge < -0.3 is 11.1 Å². The van der Waals surface area contributed by atoms with Crippen molar-refractivity contribution in [1.82, 2.24) is 0 Å². The maximum absolute atomic E-state index is 13.5. The molecule has 0 unspecified atom stereocenters. The van der Waals surface area contributed by atoms with Gasteiger partial charge in [-0.05, 0) is 32.4 Å². The third kappa shape index (κ3) is 3.08. The van der Waals surface area contributed by atoms with Crippen LogP contribution in [0.1, 0.15) is 33.6 Å². The minimum Gasteiger partial charge on any atom is -0.399 e. The number of benzene rings is 1. The second-order valence-corrected chi connectivity index (χ2v) is 4.62. The molecule has 16 heavy (non-hydrogen) atoms. The summed E-state index contributed by atoms with van der Waals surface area (Å²) in [5.74, 6) is -1.30. The van der Waals surface area contributed by atoms with E-state index < -0.39 is 11.6 Å². The number of halogens is 2. The van der Waals surface area contributed by atoms with Crippen molar-refractivity contribution < 1.29 is 8.78 Å². The topological polar surface area (TPSA) is 38.0 Å². The SMILES string of the molecule is CCCC(C)(C)Nc1c(F)cc(N)cc1F. The molecule has 0 aliphatic heterocycles. The summed E-state index contributed by atoms with van der Waals surface area (Å²) in [7, 11) is 0. The fourth-order valence-electron chi connectivity index (χ4n) is 1.74. The summed E-state index contributed by atoms with van der Waals surface area (Å²) in [5.41, 5.74) is 4.99. The zero-order valence-corrected chi connectivity index (χ0v) is 9.90. The standard InChI is InChI=1S/C12H18F2N2/c1-4-5-12(2,3)16-11-9(13)6-8(15)7-10(11)14/h6-7,16H,4-5,15H2,1-3H3. The van der Waals surface area contributed by atoms with Gasteiger partial charge in [0.05, 0.1) is 0 Å². The molecule has 0 radical (unpaired) electrons. The van der Waals surface area contributed by atoms with Crippen molar-refractivity contribution in [2.24, 2.45) is 0 Å². The van der Waals surface area contributed by atoms with Crippen molar-refractivity contribution in [3.8, 4) is 0 Å². The van der Waals surface area contributed by atoms with E-state index in [1.165, 1.54) is 0 Å². The Hall–Kier alpha value is -1.32. The largest absolute Gasteiger partial charge is 0.399 e. The number of rotatable bonds is 4. The summed E-state index contributed by atoms with van der Waals surface area (Å²) >= 11 is 0. The molecular weight excluding hydrogens is 210 g/mol. The van der Waals surface area contributed by atoms with Gasteiger partial charge in [-0.1, -0.05) is 13.3 Å². The molecule has 1 aromatic carbocycles. The van der Waals surface area contributed by atoms with E-state index in [0.29, 0.717) is 0 Å². The van der Waals surface area contributed by atoms with Crippen LogP contribution in [0.25, 0.3) is 0 Å². The molecule has 0 saturated carbocycles. The highest BCUT2D eigenvalue weighted by molar-refractivity contribution is 5.55. The molecular formula is C12H18F2N2. The lowest BCUT2D eigenvalue weighted by Gasteiger charge is -2.27. The first kappa shape index (κ1) is 12.7. The van der Waals surface area contributed by atoms with Crippen molar-refractivity contribution >= 4 is 11.4 Å². The minimum absolute atomic E-state index is 0.0915. The van der Waals surface area contributed by atoms with Crippen LogP contribution in [0.15, 0.2) is 12.1 Å². The van der Waals surface area contributed by atoms with Crippen LogP contribution < -0.4 is 11.1 Å². The number of anilines is 2. The summed E-state index contributed by atoms with van der Waals surface area (Å²) in [6, 6.07) is 2.24. The van der Waals surface area contributed by atoms with Crippen molar-refractivity contribution in [3.63, 3.8) is 0 Å². The van der Waals surface area contributed by atoms with E-state index in [4.69, 9.17) is 5.73 Å². The lowest BCUT2D eigenvalue weighted by molar-refractivity contribution is 0.496. The van der Waals surface area contributed by atoms with Crippen molar-refractivity contribution in [3.05, 3.63) is 23.8 Å². The summed E-state index contributed by atoms with van der Waals surface area (Å²) < 4.78 is 27.0. The van der Waals surface area contributed by atoms with E-state index in [0.717, 1.165) is 25.0 Å². The van der Waals surface area contributed by atoms with E-state index in [9.17, 15) is 8.78 Å². The van der Waals surface area contributed by atoms with E-state index in [-0.39, 0.29) is 16.9 Å². The highest BCUT2D eigenvalue weighted by Crippen LogP contribution is 2.26. The fourth-order valence-corrected chi connectivity index (χ4v) is 1.74. The summed E-state index contributed by atoms with van der Waals surface area (Å²) in [6.07, 6.45) is 1.77. The van der Waals surface area contributed by atoms with Crippen molar-refractivity contribution in [2.75, 3.05) is 11.1 Å². The lowest BCUT2D eigenvalue weighted by Crippen LogP contribution is -2.31. The average molecular weight is 228 g/mol. The molecule has 1 rings (SSSR count). The zero-order valence-electron chi connectivity index (χ0n) is 9.90. The fraction of sp³-hybridized carbons (Fsp3) is 0.500. The van der Waals surface area contributed by atoms with E-state index >= 15 is 0 Å². The Kier molecular flexibility index (Phi) is 3.73.